The Morgan fingerprint density at radius 3 is 2.81 bits per heavy atom. The summed E-state index contributed by atoms with van der Waals surface area (Å²) in [5.41, 5.74) is 0. The number of piperidine rings is 1. The average Bonchev–Trinajstić information content (AvgIpc) is 2.59. The van der Waals surface area contributed by atoms with E-state index in [2.05, 4.69) is 13.8 Å². The fourth-order valence-corrected chi connectivity index (χ4v) is 3.08. The number of ether oxygens (including phenoxy) is 1. The normalized spacial score (nSPS) is 23.5. The van der Waals surface area contributed by atoms with Gasteiger partial charge in [0.1, 0.15) is 6.04 Å². The van der Waals surface area contributed by atoms with Gasteiger partial charge in [0.25, 0.3) is 0 Å². The van der Waals surface area contributed by atoms with E-state index in [4.69, 9.17) is 4.74 Å². The van der Waals surface area contributed by atoms with Crippen molar-refractivity contribution in [2.75, 3.05) is 32.8 Å². The molecule has 0 aliphatic carbocycles. The zero-order chi connectivity index (χ0) is 15.2. The standard InChI is InChI=1S/C16H28N2O3/c1-13(2)12-21-11-5-8-17-10-7-15(19)18-9-4-3-6-14(18)16(17)20/h13-14H,3-12H2,1-2H3. The quantitative estimate of drug-likeness (QED) is 0.701. The molecule has 0 N–H and O–H groups in total. The molecular formula is C16H28N2O3. The van der Waals surface area contributed by atoms with Crippen LogP contribution in [0, 0.1) is 5.92 Å². The Hall–Kier alpha value is -1.10. The van der Waals surface area contributed by atoms with Crippen molar-refractivity contribution in [1.29, 1.82) is 0 Å². The van der Waals surface area contributed by atoms with Crippen molar-refractivity contribution in [3.05, 3.63) is 0 Å². The molecule has 0 aromatic rings. The summed E-state index contributed by atoms with van der Waals surface area (Å²) in [5.74, 6) is 0.828. The van der Waals surface area contributed by atoms with Gasteiger partial charge in [0.15, 0.2) is 0 Å². The first-order chi connectivity index (χ1) is 10.1. The lowest BCUT2D eigenvalue weighted by atomic mass is 10.0. The third-order valence-electron chi connectivity index (χ3n) is 4.18. The smallest absolute Gasteiger partial charge is 0.245 e. The molecule has 2 rings (SSSR count). The highest BCUT2D eigenvalue weighted by atomic mass is 16.5. The van der Waals surface area contributed by atoms with Gasteiger partial charge >= 0.3 is 0 Å². The fraction of sp³-hybridized carbons (Fsp3) is 0.875. The molecule has 2 saturated heterocycles. The van der Waals surface area contributed by atoms with E-state index in [9.17, 15) is 9.59 Å². The van der Waals surface area contributed by atoms with Crippen LogP contribution < -0.4 is 0 Å². The Morgan fingerprint density at radius 2 is 2.05 bits per heavy atom. The molecular weight excluding hydrogens is 268 g/mol. The summed E-state index contributed by atoms with van der Waals surface area (Å²) in [6, 6.07) is -0.203. The number of hydrogen-bond donors (Lipinski definition) is 0. The van der Waals surface area contributed by atoms with Crippen molar-refractivity contribution in [2.24, 2.45) is 5.92 Å². The Balaban J connectivity index is 1.82. The molecule has 1 atom stereocenters. The molecule has 2 amide bonds. The van der Waals surface area contributed by atoms with Crippen molar-refractivity contribution < 1.29 is 14.3 Å². The highest BCUT2D eigenvalue weighted by molar-refractivity contribution is 5.90. The van der Waals surface area contributed by atoms with Gasteiger partial charge in [-0.05, 0) is 31.6 Å². The van der Waals surface area contributed by atoms with Gasteiger partial charge in [0, 0.05) is 39.3 Å². The van der Waals surface area contributed by atoms with Crippen LogP contribution in [0.15, 0.2) is 0 Å². The second-order valence-electron chi connectivity index (χ2n) is 6.50. The summed E-state index contributed by atoms with van der Waals surface area (Å²) in [7, 11) is 0. The van der Waals surface area contributed by atoms with Gasteiger partial charge in [-0.15, -0.1) is 0 Å². The molecule has 0 saturated carbocycles. The first-order valence-electron chi connectivity index (χ1n) is 8.25. The predicted molar refractivity (Wildman–Crippen MR) is 80.8 cm³/mol. The third-order valence-corrected chi connectivity index (χ3v) is 4.18. The number of rotatable bonds is 6. The molecule has 0 aromatic carbocycles. The monoisotopic (exact) mass is 296 g/mol. The number of carbonyl (C=O) groups is 2. The lowest BCUT2D eigenvalue weighted by Crippen LogP contribution is -2.49. The van der Waals surface area contributed by atoms with Crippen LogP contribution in [0.5, 0.6) is 0 Å². The Bertz CT molecular complexity index is 371. The van der Waals surface area contributed by atoms with Crippen LogP contribution in [0.1, 0.15) is 46.0 Å². The topological polar surface area (TPSA) is 49.9 Å². The molecule has 0 aromatic heterocycles. The van der Waals surface area contributed by atoms with Gasteiger partial charge in [-0.3, -0.25) is 9.59 Å². The summed E-state index contributed by atoms with van der Waals surface area (Å²) in [6.07, 6.45) is 4.21. The van der Waals surface area contributed by atoms with Gasteiger partial charge in [-0.2, -0.15) is 0 Å². The first-order valence-corrected chi connectivity index (χ1v) is 8.25. The van der Waals surface area contributed by atoms with E-state index in [0.717, 1.165) is 38.8 Å². The summed E-state index contributed by atoms with van der Waals surface area (Å²) < 4.78 is 5.57. The van der Waals surface area contributed by atoms with Crippen LogP contribution in [0.4, 0.5) is 0 Å². The van der Waals surface area contributed by atoms with E-state index in [-0.39, 0.29) is 17.9 Å². The second kappa shape index (κ2) is 7.78. The number of carbonyl (C=O) groups excluding carboxylic acids is 2. The average molecular weight is 296 g/mol. The molecule has 0 radical (unpaired) electrons. The van der Waals surface area contributed by atoms with Crippen LogP contribution in [-0.2, 0) is 14.3 Å². The van der Waals surface area contributed by atoms with E-state index in [1.165, 1.54) is 0 Å². The molecule has 1 unspecified atom stereocenters. The number of fused-ring (bicyclic) bond motifs is 1. The summed E-state index contributed by atoms with van der Waals surface area (Å²) in [6.45, 7) is 7.72. The lowest BCUT2D eigenvalue weighted by Gasteiger charge is -2.34. The van der Waals surface area contributed by atoms with E-state index < -0.39 is 0 Å². The van der Waals surface area contributed by atoms with E-state index in [1.807, 2.05) is 4.90 Å². The molecule has 2 aliphatic heterocycles. The zero-order valence-electron chi connectivity index (χ0n) is 13.3. The SMILES string of the molecule is CC(C)COCCCN1CCC(=O)N2CCCCC2C1=O. The predicted octanol–water partition coefficient (Wildman–Crippen LogP) is 1.66. The number of nitrogens with zero attached hydrogens (tertiary/aromatic N) is 2. The largest absolute Gasteiger partial charge is 0.381 e. The number of hydrogen-bond acceptors (Lipinski definition) is 3. The molecule has 2 heterocycles. The molecule has 0 bridgehead atoms. The van der Waals surface area contributed by atoms with E-state index >= 15 is 0 Å². The summed E-state index contributed by atoms with van der Waals surface area (Å²) in [4.78, 5) is 28.4. The van der Waals surface area contributed by atoms with Crippen LogP contribution in [-0.4, -0.2) is 60.5 Å². The molecule has 2 fully saturated rings. The summed E-state index contributed by atoms with van der Waals surface area (Å²) in [5, 5.41) is 0. The van der Waals surface area contributed by atoms with Crippen LogP contribution in [0.2, 0.25) is 0 Å². The van der Waals surface area contributed by atoms with Crippen LogP contribution >= 0.6 is 0 Å². The molecule has 5 heteroatoms. The highest BCUT2D eigenvalue weighted by Gasteiger charge is 2.37. The van der Waals surface area contributed by atoms with Gasteiger partial charge in [-0.25, -0.2) is 0 Å². The maximum Gasteiger partial charge on any atom is 0.245 e. The van der Waals surface area contributed by atoms with E-state index in [0.29, 0.717) is 32.0 Å². The van der Waals surface area contributed by atoms with Crippen molar-refractivity contribution in [3.8, 4) is 0 Å². The molecule has 21 heavy (non-hydrogen) atoms. The van der Waals surface area contributed by atoms with E-state index in [1.54, 1.807) is 4.90 Å². The lowest BCUT2D eigenvalue weighted by molar-refractivity contribution is -0.143. The highest BCUT2D eigenvalue weighted by Crippen LogP contribution is 2.22. The third kappa shape index (κ3) is 4.43. The Kier molecular flexibility index (Phi) is 6.03. The van der Waals surface area contributed by atoms with Gasteiger partial charge in [0.2, 0.25) is 11.8 Å². The first kappa shape index (κ1) is 16.3. The second-order valence-corrected chi connectivity index (χ2v) is 6.50. The minimum absolute atomic E-state index is 0.143. The van der Waals surface area contributed by atoms with Crippen LogP contribution in [0.3, 0.4) is 0 Å². The van der Waals surface area contributed by atoms with Crippen molar-refractivity contribution >= 4 is 11.8 Å². The Labute approximate surface area is 127 Å². The van der Waals surface area contributed by atoms with Crippen molar-refractivity contribution in [3.63, 3.8) is 0 Å². The maximum atomic E-state index is 12.6. The molecule has 0 spiro atoms. The molecule has 120 valence electrons. The minimum atomic E-state index is -0.203. The number of amides is 2. The molecule has 5 nitrogen and oxygen atoms in total. The Morgan fingerprint density at radius 1 is 1.24 bits per heavy atom. The van der Waals surface area contributed by atoms with Gasteiger partial charge < -0.3 is 14.5 Å². The molecule has 2 aliphatic rings. The zero-order valence-corrected chi connectivity index (χ0v) is 13.3. The fourth-order valence-electron chi connectivity index (χ4n) is 3.08. The van der Waals surface area contributed by atoms with Gasteiger partial charge in [0.05, 0.1) is 0 Å². The maximum absolute atomic E-state index is 12.6. The van der Waals surface area contributed by atoms with Crippen molar-refractivity contribution in [1.82, 2.24) is 9.80 Å². The summed E-state index contributed by atoms with van der Waals surface area (Å²) >= 11 is 0. The minimum Gasteiger partial charge on any atom is -0.381 e. The van der Waals surface area contributed by atoms with Crippen LogP contribution in [0.25, 0.3) is 0 Å². The van der Waals surface area contributed by atoms with Gasteiger partial charge in [-0.1, -0.05) is 13.8 Å². The van der Waals surface area contributed by atoms with Crippen molar-refractivity contribution in [2.45, 2.75) is 52.0 Å².